The highest BCUT2D eigenvalue weighted by Gasteiger charge is 2.10. The van der Waals surface area contributed by atoms with Crippen LogP contribution in [-0.4, -0.2) is 21.4 Å². The lowest BCUT2D eigenvalue weighted by atomic mass is 10.1. The molecule has 5 heteroatoms. The van der Waals surface area contributed by atoms with Crippen LogP contribution in [0.15, 0.2) is 30.3 Å². The second kappa shape index (κ2) is 7.94. The fourth-order valence-electron chi connectivity index (χ4n) is 2.49. The van der Waals surface area contributed by atoms with Crippen LogP contribution in [0, 0.1) is 13.8 Å². The topological polar surface area (TPSA) is 41.9 Å². The third kappa shape index (κ3) is 4.31. The summed E-state index contributed by atoms with van der Waals surface area (Å²) in [6.45, 7) is 8.70. The first kappa shape index (κ1) is 16.5. The Morgan fingerprint density at radius 2 is 1.91 bits per heavy atom. The van der Waals surface area contributed by atoms with Crippen molar-refractivity contribution >= 4 is 17.3 Å². The highest BCUT2D eigenvalue weighted by Crippen LogP contribution is 2.12. The lowest BCUT2D eigenvalue weighted by molar-refractivity contribution is 0.633. The molecule has 0 aliphatic rings. The van der Waals surface area contributed by atoms with E-state index in [1.165, 1.54) is 16.8 Å². The van der Waals surface area contributed by atoms with Crippen LogP contribution in [0.2, 0.25) is 0 Å². The summed E-state index contributed by atoms with van der Waals surface area (Å²) in [6, 6.07) is 10.4. The lowest BCUT2D eigenvalue weighted by Gasteiger charge is -2.11. The van der Waals surface area contributed by atoms with Gasteiger partial charge in [0.25, 0.3) is 0 Å². The van der Waals surface area contributed by atoms with E-state index in [0.29, 0.717) is 5.11 Å². The molecule has 0 saturated carbocycles. The normalized spacial score (nSPS) is 10.5. The van der Waals surface area contributed by atoms with Gasteiger partial charge in [0.15, 0.2) is 5.11 Å². The van der Waals surface area contributed by atoms with Gasteiger partial charge in [-0.25, -0.2) is 0 Å². The third-order valence-electron chi connectivity index (χ3n) is 3.80. The van der Waals surface area contributed by atoms with Crippen molar-refractivity contribution in [3.05, 3.63) is 52.8 Å². The van der Waals surface area contributed by atoms with E-state index in [9.17, 15) is 0 Å². The molecule has 2 rings (SSSR count). The van der Waals surface area contributed by atoms with Gasteiger partial charge in [0.1, 0.15) is 0 Å². The van der Waals surface area contributed by atoms with Crippen molar-refractivity contribution in [2.75, 3.05) is 6.54 Å². The Balaban J connectivity index is 1.77. The predicted molar refractivity (Wildman–Crippen MR) is 95.0 cm³/mol. The summed E-state index contributed by atoms with van der Waals surface area (Å²) >= 11 is 5.34. The molecular weight excluding hydrogens is 292 g/mol. The Morgan fingerprint density at radius 3 is 2.55 bits per heavy atom. The minimum atomic E-state index is 0.693. The number of hydrogen-bond donors (Lipinski definition) is 2. The van der Waals surface area contributed by atoms with Crippen molar-refractivity contribution in [3.63, 3.8) is 0 Å². The SMILES string of the molecule is CCn1nc(C)c(CNC(=S)NCCc2ccccc2)c1C. The molecule has 0 radical (unpaired) electrons. The van der Waals surface area contributed by atoms with E-state index in [4.69, 9.17) is 12.2 Å². The van der Waals surface area contributed by atoms with E-state index in [1.54, 1.807) is 0 Å². The molecule has 0 saturated heterocycles. The minimum Gasteiger partial charge on any atom is -0.362 e. The molecule has 1 heterocycles. The van der Waals surface area contributed by atoms with Gasteiger partial charge < -0.3 is 10.6 Å². The summed E-state index contributed by atoms with van der Waals surface area (Å²) in [6.07, 6.45) is 0.967. The quantitative estimate of drug-likeness (QED) is 0.804. The van der Waals surface area contributed by atoms with Crippen molar-refractivity contribution in [1.29, 1.82) is 0 Å². The first-order valence-electron chi connectivity index (χ1n) is 7.70. The van der Waals surface area contributed by atoms with Crippen LogP contribution in [-0.2, 0) is 19.5 Å². The molecule has 0 bridgehead atoms. The Hall–Kier alpha value is -1.88. The summed E-state index contributed by atoms with van der Waals surface area (Å²) in [7, 11) is 0. The molecule has 2 aromatic rings. The molecule has 1 aromatic carbocycles. The van der Waals surface area contributed by atoms with Crippen LogP contribution >= 0.6 is 12.2 Å². The fourth-order valence-corrected chi connectivity index (χ4v) is 2.67. The average Bonchev–Trinajstić information content (AvgIpc) is 2.80. The first-order valence-corrected chi connectivity index (χ1v) is 8.11. The van der Waals surface area contributed by atoms with Crippen molar-refractivity contribution in [2.24, 2.45) is 0 Å². The number of hydrogen-bond acceptors (Lipinski definition) is 2. The number of rotatable bonds is 6. The van der Waals surface area contributed by atoms with Gasteiger partial charge in [-0.1, -0.05) is 30.3 Å². The van der Waals surface area contributed by atoms with Gasteiger partial charge >= 0.3 is 0 Å². The van der Waals surface area contributed by atoms with Gasteiger partial charge in [-0.05, 0) is 45.0 Å². The number of aromatic nitrogens is 2. The van der Waals surface area contributed by atoms with Crippen molar-refractivity contribution in [1.82, 2.24) is 20.4 Å². The second-order valence-electron chi connectivity index (χ2n) is 5.31. The molecule has 0 spiro atoms. The maximum absolute atomic E-state index is 5.34. The molecule has 0 aliphatic heterocycles. The smallest absolute Gasteiger partial charge is 0.166 e. The Kier molecular flexibility index (Phi) is 5.95. The van der Waals surface area contributed by atoms with Crippen LogP contribution in [0.3, 0.4) is 0 Å². The number of thiocarbonyl (C=S) groups is 1. The van der Waals surface area contributed by atoms with Crippen molar-refractivity contribution in [3.8, 4) is 0 Å². The molecule has 2 N–H and O–H groups in total. The van der Waals surface area contributed by atoms with Crippen LogP contribution in [0.4, 0.5) is 0 Å². The van der Waals surface area contributed by atoms with Crippen LogP contribution in [0.5, 0.6) is 0 Å². The van der Waals surface area contributed by atoms with E-state index in [-0.39, 0.29) is 0 Å². The zero-order valence-corrected chi connectivity index (χ0v) is 14.3. The summed E-state index contributed by atoms with van der Waals surface area (Å²) in [5, 5.41) is 11.7. The third-order valence-corrected chi connectivity index (χ3v) is 4.09. The second-order valence-corrected chi connectivity index (χ2v) is 5.72. The zero-order valence-electron chi connectivity index (χ0n) is 13.5. The number of aryl methyl sites for hydroxylation is 2. The van der Waals surface area contributed by atoms with Gasteiger partial charge in [-0.15, -0.1) is 0 Å². The summed E-state index contributed by atoms with van der Waals surface area (Å²) in [4.78, 5) is 0. The van der Waals surface area contributed by atoms with Crippen LogP contribution in [0.1, 0.15) is 29.4 Å². The van der Waals surface area contributed by atoms with E-state index >= 15 is 0 Å². The Bertz CT molecular complexity index is 619. The Labute approximate surface area is 137 Å². The van der Waals surface area contributed by atoms with Crippen LogP contribution < -0.4 is 10.6 Å². The largest absolute Gasteiger partial charge is 0.362 e. The maximum atomic E-state index is 5.34. The standard InChI is InChI=1S/C17H24N4S/c1-4-21-14(3)16(13(2)20-21)12-19-17(22)18-11-10-15-8-6-5-7-9-15/h5-9H,4,10-12H2,1-3H3,(H2,18,19,22). The summed E-state index contributed by atoms with van der Waals surface area (Å²) in [5.41, 5.74) is 4.82. The van der Waals surface area contributed by atoms with E-state index in [0.717, 1.165) is 31.7 Å². The van der Waals surface area contributed by atoms with Gasteiger partial charge in [-0.2, -0.15) is 5.10 Å². The fraction of sp³-hybridized carbons (Fsp3) is 0.412. The van der Waals surface area contributed by atoms with Crippen LogP contribution in [0.25, 0.3) is 0 Å². The van der Waals surface area contributed by atoms with E-state index < -0.39 is 0 Å². The monoisotopic (exact) mass is 316 g/mol. The summed E-state index contributed by atoms with van der Waals surface area (Å²) < 4.78 is 2.03. The molecular formula is C17H24N4S. The lowest BCUT2D eigenvalue weighted by Crippen LogP contribution is -2.36. The van der Waals surface area contributed by atoms with Gasteiger partial charge in [0.05, 0.1) is 5.69 Å². The zero-order chi connectivity index (χ0) is 15.9. The molecule has 0 aliphatic carbocycles. The molecule has 0 unspecified atom stereocenters. The number of nitrogens with zero attached hydrogens (tertiary/aromatic N) is 2. The molecule has 4 nitrogen and oxygen atoms in total. The molecule has 1 aromatic heterocycles. The van der Waals surface area contributed by atoms with Gasteiger partial charge in [0.2, 0.25) is 0 Å². The number of nitrogens with one attached hydrogen (secondary N) is 2. The summed E-state index contributed by atoms with van der Waals surface area (Å²) in [5.74, 6) is 0. The van der Waals surface area contributed by atoms with Crippen molar-refractivity contribution < 1.29 is 0 Å². The number of benzene rings is 1. The Morgan fingerprint density at radius 1 is 1.18 bits per heavy atom. The van der Waals surface area contributed by atoms with E-state index in [1.807, 2.05) is 17.7 Å². The highest BCUT2D eigenvalue weighted by atomic mass is 32.1. The molecule has 118 valence electrons. The minimum absolute atomic E-state index is 0.693. The average molecular weight is 316 g/mol. The predicted octanol–water partition coefficient (Wildman–Crippen LogP) is 2.73. The van der Waals surface area contributed by atoms with Crippen molar-refractivity contribution in [2.45, 2.75) is 40.3 Å². The molecule has 0 amide bonds. The molecule has 22 heavy (non-hydrogen) atoms. The molecule has 0 fully saturated rings. The highest BCUT2D eigenvalue weighted by molar-refractivity contribution is 7.80. The molecule has 0 atom stereocenters. The maximum Gasteiger partial charge on any atom is 0.166 e. The van der Waals surface area contributed by atoms with Gasteiger partial charge in [0, 0.05) is 30.9 Å². The first-order chi connectivity index (χ1) is 10.6. The van der Waals surface area contributed by atoms with E-state index in [2.05, 4.69) is 53.8 Å². The van der Waals surface area contributed by atoms with Gasteiger partial charge in [-0.3, -0.25) is 4.68 Å².